The molecule has 5 heteroatoms. The molecule has 3 nitrogen and oxygen atoms in total. The molecule has 2 rings (SSSR count). The van der Waals surface area contributed by atoms with Crippen molar-refractivity contribution in [3.63, 3.8) is 0 Å². The number of hydrogen-bond acceptors (Lipinski definition) is 2. The van der Waals surface area contributed by atoms with Gasteiger partial charge in [-0.15, -0.1) is 0 Å². The zero-order valence-electron chi connectivity index (χ0n) is 9.47. The van der Waals surface area contributed by atoms with Crippen LogP contribution in [0.2, 0.25) is 0 Å². The molecule has 0 bridgehead atoms. The smallest absolute Gasteiger partial charge is 0.241 e. The first-order valence-corrected chi connectivity index (χ1v) is 5.56. The largest absolute Gasteiger partial charge is 0.325 e. The molecule has 2 atom stereocenters. The molecule has 0 radical (unpaired) electrons. The monoisotopic (exact) mass is 240 g/mol. The van der Waals surface area contributed by atoms with E-state index in [4.69, 9.17) is 0 Å². The van der Waals surface area contributed by atoms with Gasteiger partial charge < -0.3 is 10.6 Å². The van der Waals surface area contributed by atoms with Crippen molar-refractivity contribution in [3.8, 4) is 0 Å². The zero-order chi connectivity index (χ0) is 12.4. The maximum atomic E-state index is 12.9. The highest BCUT2D eigenvalue weighted by Gasteiger charge is 2.29. The van der Waals surface area contributed by atoms with E-state index >= 15 is 0 Å². The summed E-state index contributed by atoms with van der Waals surface area (Å²) in [5.74, 6) is -1.42. The van der Waals surface area contributed by atoms with Crippen LogP contribution in [0.1, 0.15) is 13.3 Å². The van der Waals surface area contributed by atoms with Crippen molar-refractivity contribution < 1.29 is 13.6 Å². The van der Waals surface area contributed by atoms with Crippen molar-refractivity contribution in [1.29, 1.82) is 0 Å². The molecule has 1 amide bonds. The fraction of sp³-hybridized carbons (Fsp3) is 0.417. The average Bonchev–Trinajstić information content (AvgIpc) is 2.62. The lowest BCUT2D eigenvalue weighted by molar-refractivity contribution is -0.118. The van der Waals surface area contributed by atoms with Gasteiger partial charge in [-0.05, 0) is 31.0 Å². The summed E-state index contributed by atoms with van der Waals surface area (Å²) in [5, 5.41) is 5.57. The topological polar surface area (TPSA) is 41.1 Å². The molecule has 1 aliphatic heterocycles. The minimum Gasteiger partial charge on any atom is -0.325 e. The minimum absolute atomic E-state index is 0.147. The first kappa shape index (κ1) is 12.0. The fourth-order valence-corrected chi connectivity index (χ4v) is 2.03. The van der Waals surface area contributed by atoms with Crippen molar-refractivity contribution in [2.24, 2.45) is 5.92 Å². The maximum Gasteiger partial charge on any atom is 0.241 e. The number of anilines is 1. The minimum atomic E-state index is -0.701. The molecule has 2 N–H and O–H groups in total. The lowest BCUT2D eigenvalue weighted by atomic mass is 10.0. The standard InChI is InChI=1S/C12H14F2N2O/c1-7-2-3-15-11(7)12(17)16-10-5-8(13)4-9(14)6-10/h4-7,11,15H,2-3H2,1H3,(H,16,17). The van der Waals surface area contributed by atoms with Gasteiger partial charge in [-0.1, -0.05) is 6.92 Å². The summed E-state index contributed by atoms with van der Waals surface area (Å²) >= 11 is 0. The third kappa shape index (κ3) is 2.79. The van der Waals surface area contributed by atoms with Crippen molar-refractivity contribution in [2.75, 3.05) is 11.9 Å². The number of hydrogen-bond donors (Lipinski definition) is 2. The van der Waals surface area contributed by atoms with Crippen LogP contribution in [-0.4, -0.2) is 18.5 Å². The molecule has 0 aromatic heterocycles. The van der Waals surface area contributed by atoms with Crippen LogP contribution in [0, 0.1) is 17.6 Å². The van der Waals surface area contributed by atoms with Crippen LogP contribution < -0.4 is 10.6 Å². The summed E-state index contributed by atoms with van der Waals surface area (Å²) in [6.45, 7) is 2.76. The van der Waals surface area contributed by atoms with Crippen LogP contribution in [0.4, 0.5) is 14.5 Å². The predicted molar refractivity (Wildman–Crippen MR) is 60.6 cm³/mol. The van der Waals surface area contributed by atoms with Gasteiger partial charge in [-0.3, -0.25) is 4.79 Å². The highest BCUT2D eigenvalue weighted by Crippen LogP contribution is 2.18. The first-order chi connectivity index (χ1) is 8.06. The molecular formula is C12H14F2N2O. The van der Waals surface area contributed by atoms with Crippen LogP contribution in [0.5, 0.6) is 0 Å². The van der Waals surface area contributed by atoms with E-state index in [1.165, 1.54) is 0 Å². The van der Waals surface area contributed by atoms with E-state index in [0.717, 1.165) is 31.2 Å². The Morgan fingerprint density at radius 3 is 2.53 bits per heavy atom. The molecule has 1 aliphatic rings. The summed E-state index contributed by atoms with van der Waals surface area (Å²) in [4.78, 5) is 11.8. The molecule has 0 spiro atoms. The second-order valence-corrected chi connectivity index (χ2v) is 4.35. The van der Waals surface area contributed by atoms with Gasteiger partial charge in [0.25, 0.3) is 0 Å². The highest BCUT2D eigenvalue weighted by molar-refractivity contribution is 5.95. The highest BCUT2D eigenvalue weighted by atomic mass is 19.1. The van der Waals surface area contributed by atoms with E-state index in [2.05, 4.69) is 10.6 Å². The van der Waals surface area contributed by atoms with E-state index in [1.54, 1.807) is 0 Å². The number of halogens is 2. The molecule has 1 heterocycles. The molecule has 17 heavy (non-hydrogen) atoms. The summed E-state index contributed by atoms with van der Waals surface area (Å²) < 4.78 is 25.9. The lowest BCUT2D eigenvalue weighted by Gasteiger charge is -2.15. The van der Waals surface area contributed by atoms with Crippen molar-refractivity contribution in [2.45, 2.75) is 19.4 Å². The molecule has 2 unspecified atom stereocenters. The summed E-state index contributed by atoms with van der Waals surface area (Å²) in [6.07, 6.45) is 0.926. The lowest BCUT2D eigenvalue weighted by Crippen LogP contribution is -2.39. The molecule has 92 valence electrons. The predicted octanol–water partition coefficient (Wildman–Crippen LogP) is 1.90. The Bertz CT molecular complexity index is 416. The Hall–Kier alpha value is -1.49. The van der Waals surface area contributed by atoms with Gasteiger partial charge in [0.15, 0.2) is 0 Å². The van der Waals surface area contributed by atoms with Crippen LogP contribution in [-0.2, 0) is 4.79 Å². The number of rotatable bonds is 2. The van der Waals surface area contributed by atoms with Crippen molar-refractivity contribution >= 4 is 11.6 Å². The molecule has 1 aromatic carbocycles. The van der Waals surface area contributed by atoms with Gasteiger partial charge in [-0.25, -0.2) is 8.78 Å². The SMILES string of the molecule is CC1CCNC1C(=O)Nc1cc(F)cc(F)c1. The van der Waals surface area contributed by atoms with Crippen molar-refractivity contribution in [3.05, 3.63) is 29.8 Å². The molecule has 1 aromatic rings. The van der Waals surface area contributed by atoms with Crippen molar-refractivity contribution in [1.82, 2.24) is 5.32 Å². The summed E-state index contributed by atoms with van der Waals surface area (Å²) in [6, 6.07) is 2.68. The van der Waals surface area contributed by atoms with Gasteiger partial charge in [0, 0.05) is 11.8 Å². The Balaban J connectivity index is 2.07. The van der Waals surface area contributed by atoms with E-state index in [1.807, 2.05) is 6.92 Å². The fourth-order valence-electron chi connectivity index (χ4n) is 2.03. The van der Waals surface area contributed by atoms with Crippen LogP contribution in [0.3, 0.4) is 0 Å². The Labute approximate surface area is 98.2 Å². The molecular weight excluding hydrogens is 226 g/mol. The zero-order valence-corrected chi connectivity index (χ0v) is 9.47. The van der Waals surface area contributed by atoms with E-state index in [-0.39, 0.29) is 23.6 Å². The van der Waals surface area contributed by atoms with Gasteiger partial charge >= 0.3 is 0 Å². The maximum absolute atomic E-state index is 12.9. The van der Waals surface area contributed by atoms with Gasteiger partial charge in [-0.2, -0.15) is 0 Å². The Morgan fingerprint density at radius 2 is 2.00 bits per heavy atom. The first-order valence-electron chi connectivity index (χ1n) is 5.56. The molecule has 1 saturated heterocycles. The number of carbonyl (C=O) groups is 1. The molecule has 1 fully saturated rings. The van der Waals surface area contributed by atoms with Gasteiger partial charge in [0.05, 0.1) is 6.04 Å². The van der Waals surface area contributed by atoms with Gasteiger partial charge in [0.2, 0.25) is 5.91 Å². The number of benzene rings is 1. The third-order valence-electron chi connectivity index (χ3n) is 2.95. The third-order valence-corrected chi connectivity index (χ3v) is 2.95. The second-order valence-electron chi connectivity index (χ2n) is 4.35. The Kier molecular flexibility index (Phi) is 3.38. The molecule has 0 aliphatic carbocycles. The van der Waals surface area contributed by atoms with Gasteiger partial charge in [0.1, 0.15) is 11.6 Å². The number of nitrogens with one attached hydrogen (secondary N) is 2. The second kappa shape index (κ2) is 4.79. The van der Waals surface area contributed by atoms with Crippen LogP contribution in [0.25, 0.3) is 0 Å². The molecule has 0 saturated carbocycles. The van der Waals surface area contributed by atoms with Crippen LogP contribution in [0.15, 0.2) is 18.2 Å². The van der Waals surface area contributed by atoms with E-state index in [0.29, 0.717) is 0 Å². The summed E-state index contributed by atoms with van der Waals surface area (Å²) in [5.41, 5.74) is 0.147. The summed E-state index contributed by atoms with van der Waals surface area (Å²) in [7, 11) is 0. The average molecular weight is 240 g/mol. The Morgan fingerprint density at radius 1 is 1.35 bits per heavy atom. The number of carbonyl (C=O) groups excluding carboxylic acids is 1. The van der Waals surface area contributed by atoms with Crippen LogP contribution >= 0.6 is 0 Å². The van der Waals surface area contributed by atoms with E-state index < -0.39 is 11.6 Å². The quantitative estimate of drug-likeness (QED) is 0.829. The number of amides is 1. The normalized spacial score (nSPS) is 23.7. The van der Waals surface area contributed by atoms with E-state index in [9.17, 15) is 13.6 Å².